The highest BCUT2D eigenvalue weighted by Gasteiger charge is 2.40. The minimum atomic E-state index is -1.42. The molecule has 1 atom stereocenters. The van der Waals surface area contributed by atoms with Crippen LogP contribution in [0, 0.1) is 17.2 Å². The molecule has 50 valence electrons. The van der Waals surface area contributed by atoms with Gasteiger partial charge >= 0.3 is 0 Å². The summed E-state index contributed by atoms with van der Waals surface area (Å²) in [5, 5.41) is 9.86. The molecule has 1 N–H and O–H groups in total. The molecule has 0 aromatic rings. The molecule has 1 heterocycles. The second kappa shape index (κ2) is 1.92. The first kappa shape index (κ1) is 6.42. The lowest BCUT2D eigenvalue weighted by molar-refractivity contribution is -0.135. The number of rotatable bonds is 0. The van der Waals surface area contributed by atoms with Crippen molar-refractivity contribution in [2.45, 2.75) is 0 Å². The van der Waals surface area contributed by atoms with Crippen molar-refractivity contribution in [3.8, 4) is 6.07 Å². The van der Waals surface area contributed by atoms with Crippen LogP contribution in [-0.4, -0.2) is 17.6 Å². The number of nitriles is 1. The van der Waals surface area contributed by atoms with Crippen LogP contribution in [0.15, 0.2) is 0 Å². The van der Waals surface area contributed by atoms with Crippen molar-refractivity contribution in [2.24, 2.45) is 5.92 Å². The number of carbonyl (C=O) groups is 3. The summed E-state index contributed by atoms with van der Waals surface area (Å²) in [5.41, 5.74) is 0. The van der Waals surface area contributed by atoms with Crippen molar-refractivity contribution in [2.75, 3.05) is 0 Å². The van der Waals surface area contributed by atoms with E-state index >= 15 is 0 Å². The second-order valence-corrected chi connectivity index (χ2v) is 1.74. The number of Topliss-reactive ketones (excluding diaryl/α,β-unsaturated/α-hetero) is 1. The molecule has 0 aromatic carbocycles. The molecule has 0 aliphatic carbocycles. The van der Waals surface area contributed by atoms with E-state index in [1.54, 1.807) is 5.32 Å². The lowest BCUT2D eigenvalue weighted by Gasteiger charge is -1.84. The molecule has 0 bridgehead atoms. The number of imide groups is 1. The molecule has 0 aromatic heterocycles. The van der Waals surface area contributed by atoms with Gasteiger partial charge in [0.1, 0.15) is 0 Å². The first-order valence-corrected chi connectivity index (χ1v) is 2.45. The normalized spacial score (nSPS) is 24.3. The van der Waals surface area contributed by atoms with Crippen LogP contribution < -0.4 is 5.32 Å². The van der Waals surface area contributed by atoms with Crippen LogP contribution in [-0.2, 0) is 14.4 Å². The fourth-order valence-corrected chi connectivity index (χ4v) is 0.613. The van der Waals surface area contributed by atoms with Crippen LogP contribution in [0.1, 0.15) is 0 Å². The fraction of sp³-hybridized carbons (Fsp3) is 0.200. The van der Waals surface area contributed by atoms with Crippen molar-refractivity contribution in [1.82, 2.24) is 5.32 Å². The maximum atomic E-state index is 10.5. The summed E-state index contributed by atoms with van der Waals surface area (Å²) in [6.07, 6.45) is 0. The Morgan fingerprint density at radius 2 is 2.00 bits per heavy atom. The number of carbonyl (C=O) groups excluding carboxylic acids is 3. The summed E-state index contributed by atoms with van der Waals surface area (Å²) in [6.45, 7) is 0. The largest absolute Gasteiger partial charge is 0.295 e. The molecular weight excluding hydrogens is 136 g/mol. The molecule has 10 heavy (non-hydrogen) atoms. The van der Waals surface area contributed by atoms with Crippen LogP contribution in [0.5, 0.6) is 0 Å². The number of hydrogen-bond donors (Lipinski definition) is 1. The molecule has 1 saturated heterocycles. The molecule has 1 rings (SSSR count). The Kier molecular flexibility index (Phi) is 1.23. The van der Waals surface area contributed by atoms with E-state index in [9.17, 15) is 14.4 Å². The van der Waals surface area contributed by atoms with Crippen LogP contribution >= 0.6 is 0 Å². The molecule has 1 fully saturated rings. The van der Waals surface area contributed by atoms with Gasteiger partial charge in [-0.1, -0.05) is 0 Å². The number of nitrogens with zero attached hydrogens (tertiary/aromatic N) is 1. The maximum absolute atomic E-state index is 10.5. The Bertz CT molecular complexity index is 263. The molecule has 1 aliphatic heterocycles. The average Bonchev–Trinajstić information content (AvgIpc) is 2.09. The van der Waals surface area contributed by atoms with Crippen LogP contribution in [0.4, 0.5) is 0 Å². The molecule has 5 nitrogen and oxygen atoms in total. The van der Waals surface area contributed by atoms with E-state index in [0.29, 0.717) is 0 Å². The monoisotopic (exact) mass is 138 g/mol. The predicted octanol–water partition coefficient (Wildman–Crippen LogP) is -1.65. The Morgan fingerprint density at radius 1 is 1.40 bits per heavy atom. The van der Waals surface area contributed by atoms with Gasteiger partial charge in [0.05, 0.1) is 6.07 Å². The van der Waals surface area contributed by atoms with Gasteiger partial charge in [-0.05, 0) is 0 Å². The summed E-state index contributed by atoms with van der Waals surface area (Å²) in [4.78, 5) is 31.3. The Morgan fingerprint density at radius 3 is 2.20 bits per heavy atom. The number of amides is 2. The predicted molar refractivity (Wildman–Crippen MR) is 27.3 cm³/mol. The third kappa shape index (κ3) is 0.666. The van der Waals surface area contributed by atoms with Gasteiger partial charge in [-0.3, -0.25) is 19.7 Å². The molecule has 5 heteroatoms. The Balaban J connectivity index is 2.98. The standard InChI is InChI=1S/C5H2N2O3/c6-1-2-3(8)5(10)7-4(2)9/h2H,(H,7,9,10). The van der Waals surface area contributed by atoms with Crippen molar-refractivity contribution >= 4 is 17.6 Å². The number of hydrogen-bond acceptors (Lipinski definition) is 4. The van der Waals surface area contributed by atoms with Crippen molar-refractivity contribution in [1.29, 1.82) is 5.26 Å². The van der Waals surface area contributed by atoms with Gasteiger partial charge in [0, 0.05) is 0 Å². The average molecular weight is 138 g/mol. The minimum absolute atomic E-state index is 0.822. The van der Waals surface area contributed by atoms with Crippen molar-refractivity contribution in [3.05, 3.63) is 0 Å². The third-order valence-corrected chi connectivity index (χ3v) is 1.11. The zero-order valence-electron chi connectivity index (χ0n) is 4.75. The Hall–Kier alpha value is -1.70. The van der Waals surface area contributed by atoms with E-state index < -0.39 is 23.5 Å². The maximum Gasteiger partial charge on any atom is 0.295 e. The van der Waals surface area contributed by atoms with E-state index in [4.69, 9.17) is 5.26 Å². The lowest BCUT2D eigenvalue weighted by Crippen LogP contribution is -2.22. The topological polar surface area (TPSA) is 87.0 Å². The number of nitrogens with one attached hydrogen (secondary N) is 1. The summed E-state index contributed by atoms with van der Waals surface area (Å²) in [6, 6.07) is 1.41. The van der Waals surface area contributed by atoms with Gasteiger partial charge in [-0.25, -0.2) is 0 Å². The smallest absolute Gasteiger partial charge is 0.288 e. The van der Waals surface area contributed by atoms with Gasteiger partial charge in [-0.2, -0.15) is 5.26 Å². The zero-order chi connectivity index (χ0) is 7.72. The van der Waals surface area contributed by atoms with Gasteiger partial charge < -0.3 is 0 Å². The highest BCUT2D eigenvalue weighted by molar-refractivity contribution is 6.48. The quantitative estimate of drug-likeness (QED) is 0.247. The highest BCUT2D eigenvalue weighted by atomic mass is 16.2. The highest BCUT2D eigenvalue weighted by Crippen LogP contribution is 2.03. The minimum Gasteiger partial charge on any atom is -0.288 e. The molecule has 1 aliphatic rings. The van der Waals surface area contributed by atoms with E-state index in [0.717, 1.165) is 0 Å². The third-order valence-electron chi connectivity index (χ3n) is 1.11. The van der Waals surface area contributed by atoms with Gasteiger partial charge in [0.15, 0.2) is 5.92 Å². The first-order valence-electron chi connectivity index (χ1n) is 2.45. The zero-order valence-corrected chi connectivity index (χ0v) is 4.75. The van der Waals surface area contributed by atoms with Gasteiger partial charge in [0.25, 0.3) is 11.8 Å². The van der Waals surface area contributed by atoms with Crippen LogP contribution in [0.2, 0.25) is 0 Å². The summed E-state index contributed by atoms with van der Waals surface area (Å²) in [7, 11) is 0. The molecule has 0 spiro atoms. The summed E-state index contributed by atoms with van der Waals surface area (Å²) in [5.74, 6) is -4.20. The van der Waals surface area contributed by atoms with E-state index in [1.165, 1.54) is 6.07 Å². The van der Waals surface area contributed by atoms with Crippen LogP contribution in [0.3, 0.4) is 0 Å². The van der Waals surface area contributed by atoms with E-state index in [-0.39, 0.29) is 0 Å². The van der Waals surface area contributed by atoms with E-state index in [1.807, 2.05) is 0 Å². The summed E-state index contributed by atoms with van der Waals surface area (Å²) >= 11 is 0. The molecule has 0 saturated carbocycles. The second-order valence-electron chi connectivity index (χ2n) is 1.74. The lowest BCUT2D eigenvalue weighted by atomic mass is 10.1. The molecule has 2 amide bonds. The van der Waals surface area contributed by atoms with Gasteiger partial charge in [-0.15, -0.1) is 0 Å². The van der Waals surface area contributed by atoms with Crippen molar-refractivity contribution in [3.63, 3.8) is 0 Å². The molecule has 1 unspecified atom stereocenters. The van der Waals surface area contributed by atoms with E-state index in [2.05, 4.69) is 0 Å². The van der Waals surface area contributed by atoms with Crippen LogP contribution in [0.25, 0.3) is 0 Å². The molecular formula is C5H2N2O3. The SMILES string of the molecule is N#CC1C(=O)NC(=O)C1=O. The first-order chi connectivity index (χ1) is 4.66. The van der Waals surface area contributed by atoms with Crippen molar-refractivity contribution < 1.29 is 14.4 Å². The van der Waals surface area contributed by atoms with Gasteiger partial charge in [0.2, 0.25) is 5.78 Å². The summed E-state index contributed by atoms with van der Waals surface area (Å²) < 4.78 is 0. The molecule has 0 radical (unpaired) electrons. The Labute approximate surface area is 55.6 Å². The number of ketones is 1. The fourth-order valence-electron chi connectivity index (χ4n) is 0.613.